The van der Waals surface area contributed by atoms with Gasteiger partial charge in [0.1, 0.15) is 10.6 Å². The number of aromatic nitrogens is 1. The van der Waals surface area contributed by atoms with Crippen LogP contribution in [0, 0.1) is 0 Å². The molecule has 1 aromatic carbocycles. The second kappa shape index (κ2) is 5.58. The van der Waals surface area contributed by atoms with Crippen LogP contribution in [0.2, 0.25) is 5.02 Å². The van der Waals surface area contributed by atoms with Gasteiger partial charge in [-0.15, -0.1) is 0 Å². The van der Waals surface area contributed by atoms with E-state index in [4.69, 9.17) is 26.2 Å². The highest BCUT2D eigenvalue weighted by molar-refractivity contribution is 6.31. The Balaban J connectivity index is 2.49. The number of benzene rings is 1. The van der Waals surface area contributed by atoms with Gasteiger partial charge in [0.2, 0.25) is 5.88 Å². The van der Waals surface area contributed by atoms with Gasteiger partial charge in [-0.25, -0.2) is 9.78 Å². The zero-order valence-corrected chi connectivity index (χ0v) is 10.7. The molecule has 5 nitrogen and oxygen atoms in total. The zero-order chi connectivity index (χ0) is 13.8. The van der Waals surface area contributed by atoms with Crippen LogP contribution in [0.3, 0.4) is 0 Å². The lowest BCUT2D eigenvalue weighted by Crippen LogP contribution is -2.02. The predicted molar refractivity (Wildman–Crippen MR) is 69.3 cm³/mol. The molecule has 0 bridgehead atoms. The van der Waals surface area contributed by atoms with Crippen LogP contribution in [0.25, 0.3) is 0 Å². The lowest BCUT2D eigenvalue weighted by molar-refractivity contribution is 0.0693. The Morgan fingerprint density at radius 2 is 2.11 bits per heavy atom. The van der Waals surface area contributed by atoms with Crippen molar-refractivity contribution in [3.8, 4) is 17.4 Å². The summed E-state index contributed by atoms with van der Waals surface area (Å²) in [5, 5.41) is 9.43. The number of para-hydroxylation sites is 1. The van der Waals surface area contributed by atoms with Gasteiger partial charge >= 0.3 is 5.97 Å². The number of aromatic carboxylic acids is 1. The molecule has 1 heterocycles. The molecule has 0 atom stereocenters. The molecule has 6 heteroatoms. The van der Waals surface area contributed by atoms with Crippen molar-refractivity contribution in [1.29, 1.82) is 0 Å². The first-order valence-corrected chi connectivity index (χ1v) is 5.70. The van der Waals surface area contributed by atoms with E-state index in [1.54, 1.807) is 24.3 Å². The molecular weight excluding hydrogens is 270 g/mol. The van der Waals surface area contributed by atoms with Gasteiger partial charge in [-0.2, -0.15) is 0 Å². The maximum Gasteiger partial charge on any atom is 0.339 e. The van der Waals surface area contributed by atoms with E-state index in [9.17, 15) is 4.79 Å². The molecule has 0 aliphatic rings. The molecule has 0 aliphatic carbocycles. The van der Waals surface area contributed by atoms with Crippen molar-refractivity contribution in [1.82, 2.24) is 4.98 Å². The smallest absolute Gasteiger partial charge is 0.339 e. The van der Waals surface area contributed by atoms with Gasteiger partial charge in [0, 0.05) is 6.20 Å². The summed E-state index contributed by atoms with van der Waals surface area (Å²) < 4.78 is 10.6. The monoisotopic (exact) mass is 279 g/mol. The average Bonchev–Trinajstić information content (AvgIpc) is 2.41. The molecule has 0 unspecified atom stereocenters. The highest BCUT2D eigenvalue weighted by Crippen LogP contribution is 2.36. The molecular formula is C13H10ClNO4. The fraction of sp³-hybridized carbons (Fsp3) is 0.0769. The topological polar surface area (TPSA) is 68.7 Å². The van der Waals surface area contributed by atoms with Crippen LogP contribution >= 0.6 is 11.6 Å². The number of hydrogen-bond donors (Lipinski definition) is 1. The number of pyridine rings is 1. The van der Waals surface area contributed by atoms with Gasteiger partial charge < -0.3 is 14.6 Å². The Morgan fingerprint density at radius 3 is 2.74 bits per heavy atom. The van der Waals surface area contributed by atoms with Crippen LogP contribution in [-0.2, 0) is 0 Å². The average molecular weight is 280 g/mol. The van der Waals surface area contributed by atoms with E-state index in [0.717, 1.165) is 0 Å². The highest BCUT2D eigenvalue weighted by atomic mass is 35.5. The highest BCUT2D eigenvalue weighted by Gasteiger charge is 2.18. The summed E-state index contributed by atoms with van der Waals surface area (Å²) in [4.78, 5) is 15.1. The van der Waals surface area contributed by atoms with Crippen molar-refractivity contribution in [2.24, 2.45) is 0 Å². The minimum absolute atomic E-state index is 0.0268. The summed E-state index contributed by atoms with van der Waals surface area (Å²) in [6.07, 6.45) is 1.50. The van der Waals surface area contributed by atoms with Gasteiger partial charge in [0.25, 0.3) is 0 Å². The standard InChI is InChI=1S/C13H10ClNO4/c1-18-10-6-2-4-8(13(16)17)11(10)19-12-9(14)5-3-7-15-12/h2-7H,1H3,(H,16,17). The zero-order valence-electron chi connectivity index (χ0n) is 9.96. The van der Waals surface area contributed by atoms with E-state index >= 15 is 0 Å². The molecule has 1 aromatic heterocycles. The number of carboxylic acid groups (broad SMARTS) is 1. The predicted octanol–water partition coefficient (Wildman–Crippen LogP) is 3.23. The molecule has 98 valence electrons. The first-order chi connectivity index (χ1) is 9.13. The van der Waals surface area contributed by atoms with E-state index in [1.807, 2.05) is 0 Å². The first-order valence-electron chi connectivity index (χ1n) is 5.32. The van der Waals surface area contributed by atoms with Crippen LogP contribution in [0.4, 0.5) is 0 Å². The summed E-state index contributed by atoms with van der Waals surface area (Å²) >= 11 is 5.93. The number of halogens is 1. The van der Waals surface area contributed by atoms with Gasteiger partial charge in [-0.05, 0) is 24.3 Å². The number of carboxylic acids is 1. The van der Waals surface area contributed by atoms with Crippen molar-refractivity contribution in [2.45, 2.75) is 0 Å². The fourth-order valence-electron chi connectivity index (χ4n) is 1.49. The van der Waals surface area contributed by atoms with Crippen molar-refractivity contribution >= 4 is 17.6 Å². The third kappa shape index (κ3) is 2.77. The van der Waals surface area contributed by atoms with Crippen molar-refractivity contribution in [3.05, 3.63) is 47.1 Å². The normalized spacial score (nSPS) is 10.0. The van der Waals surface area contributed by atoms with E-state index < -0.39 is 5.97 Å². The summed E-state index contributed by atoms with van der Waals surface area (Å²) in [5.74, 6) is -0.642. The molecule has 0 radical (unpaired) electrons. The van der Waals surface area contributed by atoms with E-state index in [0.29, 0.717) is 5.75 Å². The minimum atomic E-state index is -1.12. The fourth-order valence-corrected chi connectivity index (χ4v) is 1.65. The molecule has 0 amide bonds. The Morgan fingerprint density at radius 1 is 1.32 bits per heavy atom. The molecule has 0 spiro atoms. The molecule has 19 heavy (non-hydrogen) atoms. The van der Waals surface area contributed by atoms with Gasteiger partial charge in [-0.1, -0.05) is 17.7 Å². The second-order valence-electron chi connectivity index (χ2n) is 3.53. The van der Waals surface area contributed by atoms with Crippen LogP contribution in [0.1, 0.15) is 10.4 Å². The summed E-state index contributed by atoms with van der Waals surface area (Å²) in [6.45, 7) is 0. The Hall–Kier alpha value is -2.27. The quantitative estimate of drug-likeness (QED) is 0.930. The van der Waals surface area contributed by atoms with E-state index in [2.05, 4.69) is 4.98 Å². The SMILES string of the molecule is COc1cccc(C(=O)O)c1Oc1ncccc1Cl. The lowest BCUT2D eigenvalue weighted by atomic mass is 10.2. The van der Waals surface area contributed by atoms with Gasteiger partial charge in [0.05, 0.1) is 7.11 Å². The minimum Gasteiger partial charge on any atom is -0.493 e. The maximum atomic E-state index is 11.2. The molecule has 2 rings (SSSR count). The van der Waals surface area contributed by atoms with Crippen LogP contribution < -0.4 is 9.47 Å². The molecule has 0 aliphatic heterocycles. The third-order valence-corrected chi connectivity index (χ3v) is 2.64. The van der Waals surface area contributed by atoms with Gasteiger partial charge in [-0.3, -0.25) is 0 Å². The second-order valence-corrected chi connectivity index (χ2v) is 3.94. The molecule has 0 saturated heterocycles. The van der Waals surface area contributed by atoms with Crippen LogP contribution in [0.5, 0.6) is 17.4 Å². The molecule has 0 saturated carbocycles. The number of rotatable bonds is 4. The first kappa shape index (κ1) is 13.2. The van der Waals surface area contributed by atoms with E-state index in [-0.39, 0.29) is 22.2 Å². The molecule has 1 N–H and O–H groups in total. The van der Waals surface area contributed by atoms with Crippen LogP contribution in [0.15, 0.2) is 36.5 Å². The van der Waals surface area contributed by atoms with Crippen LogP contribution in [-0.4, -0.2) is 23.2 Å². The summed E-state index contributed by atoms with van der Waals surface area (Å²) in [6, 6.07) is 7.82. The lowest BCUT2D eigenvalue weighted by Gasteiger charge is -2.12. The largest absolute Gasteiger partial charge is 0.493 e. The number of hydrogen-bond acceptors (Lipinski definition) is 4. The summed E-state index contributed by atoms with van der Waals surface area (Å²) in [7, 11) is 1.42. The Bertz CT molecular complexity index is 615. The molecule has 0 fully saturated rings. The maximum absolute atomic E-state index is 11.2. The molecule has 2 aromatic rings. The Kier molecular flexibility index (Phi) is 3.87. The number of carbonyl (C=O) groups is 1. The summed E-state index contributed by atoms with van der Waals surface area (Å²) in [5.41, 5.74) is -0.0268. The third-order valence-electron chi connectivity index (χ3n) is 2.35. The van der Waals surface area contributed by atoms with Gasteiger partial charge in [0.15, 0.2) is 11.5 Å². The van der Waals surface area contributed by atoms with Crippen molar-refractivity contribution < 1.29 is 19.4 Å². The van der Waals surface area contributed by atoms with Crippen molar-refractivity contribution in [3.63, 3.8) is 0 Å². The van der Waals surface area contributed by atoms with E-state index in [1.165, 1.54) is 19.4 Å². The van der Waals surface area contributed by atoms with Crippen molar-refractivity contribution in [2.75, 3.05) is 7.11 Å². The Labute approximate surface area is 114 Å². The number of ether oxygens (including phenoxy) is 2. The number of methoxy groups -OCH3 is 1. The number of nitrogens with zero attached hydrogens (tertiary/aromatic N) is 1.